The molecule has 0 unspecified atom stereocenters. The Labute approximate surface area is 174 Å². The second-order valence-corrected chi connectivity index (χ2v) is 5.91. The molecule has 136 valence electrons. The van der Waals surface area contributed by atoms with Crippen LogP contribution in [0.25, 0.3) is 46.4 Å². The Hall–Kier alpha value is -2.56. The predicted octanol–water partition coefficient (Wildman–Crippen LogP) is 4.53. The quantitative estimate of drug-likeness (QED) is 0.349. The summed E-state index contributed by atoms with van der Waals surface area (Å²) in [6.45, 7) is 0. The van der Waals surface area contributed by atoms with Gasteiger partial charge in [0.25, 0.3) is 0 Å². The molecule has 0 aliphatic carbocycles. The molecule has 3 aromatic heterocycles. The van der Waals surface area contributed by atoms with Crippen LogP contribution in [0.1, 0.15) is 22.8 Å². The number of hydrogen-bond acceptors (Lipinski definition) is 3. The molecular weight excluding hydrogens is 424 g/mol. The Morgan fingerprint density at radius 3 is 1.07 bits per heavy atom. The van der Waals surface area contributed by atoms with Crippen LogP contribution < -0.4 is 0 Å². The van der Waals surface area contributed by atoms with E-state index in [4.69, 9.17) is 3.83 Å². The van der Waals surface area contributed by atoms with Crippen LogP contribution in [0.3, 0.4) is 0 Å². The van der Waals surface area contributed by atoms with E-state index in [0.717, 1.165) is 44.8 Å². The van der Waals surface area contributed by atoms with Crippen LogP contribution in [0.4, 0.5) is 0 Å². The molecule has 8 bridgehead atoms. The van der Waals surface area contributed by atoms with Crippen molar-refractivity contribution < 1.29 is 36.8 Å². The van der Waals surface area contributed by atoms with Crippen LogP contribution in [0.2, 0.25) is 0 Å². The number of hydrogen-bond donors (Lipinski definition) is 2. The maximum atomic E-state index is 8.00. The van der Waals surface area contributed by atoms with Gasteiger partial charge in [0.1, 0.15) is 0 Å². The van der Waals surface area contributed by atoms with Crippen LogP contribution in [-0.2, 0) is 36.8 Å². The third-order valence-corrected chi connectivity index (χ3v) is 4.04. The Morgan fingerprint density at radius 2 is 0.815 bits per heavy atom. The molecule has 0 saturated heterocycles. The zero-order valence-corrected chi connectivity index (χ0v) is 16.1. The summed E-state index contributed by atoms with van der Waals surface area (Å²) in [6, 6.07) is 16.4. The number of rotatable bonds is 0. The zero-order valence-electron chi connectivity index (χ0n) is 13.9. The molecule has 0 amide bonds. The number of nitrogens with one attached hydrogen (secondary N) is 2. The van der Waals surface area contributed by atoms with Gasteiger partial charge >= 0.3 is 19.8 Å². The van der Waals surface area contributed by atoms with Crippen molar-refractivity contribution in [2.75, 3.05) is 0 Å². The Balaban J connectivity index is 0.000000680. The molecule has 5 heterocycles. The number of H-pyrrole nitrogens is 2. The van der Waals surface area contributed by atoms with E-state index < -0.39 is 0 Å². The number of aromatic nitrogens is 4. The zero-order chi connectivity index (χ0) is 17.9. The van der Waals surface area contributed by atoms with Gasteiger partial charge < -0.3 is 9.97 Å². The van der Waals surface area contributed by atoms with Crippen molar-refractivity contribution in [1.29, 1.82) is 0 Å². The number of fused-ring (bicyclic) bond motifs is 8. The number of nitrogens with zero attached hydrogens (tertiary/aromatic N) is 2. The molecule has 2 aliphatic rings. The maximum absolute atomic E-state index is 8.00. The van der Waals surface area contributed by atoms with Crippen molar-refractivity contribution in [1.82, 2.24) is 19.9 Å². The molecular formula is C20H14Fe2N4O. The molecule has 2 N–H and O–H groups in total. The first kappa shape index (κ1) is 19.2. The fourth-order valence-corrected chi connectivity index (χ4v) is 2.94. The first-order valence-electron chi connectivity index (χ1n) is 7.99. The van der Waals surface area contributed by atoms with Crippen molar-refractivity contribution in [3.05, 3.63) is 71.3 Å². The van der Waals surface area contributed by atoms with E-state index in [0.29, 0.717) is 0 Å². The van der Waals surface area contributed by atoms with E-state index >= 15 is 0 Å². The van der Waals surface area contributed by atoms with Crippen LogP contribution >= 0.6 is 0 Å². The van der Waals surface area contributed by atoms with E-state index in [1.165, 1.54) is 0 Å². The summed E-state index contributed by atoms with van der Waals surface area (Å²) in [5.41, 5.74) is 7.86. The third kappa shape index (κ3) is 4.41. The predicted molar refractivity (Wildman–Crippen MR) is 99.5 cm³/mol. The van der Waals surface area contributed by atoms with Crippen LogP contribution in [0.15, 0.2) is 48.5 Å². The second-order valence-electron chi connectivity index (χ2n) is 5.91. The summed E-state index contributed by atoms with van der Waals surface area (Å²) >= 11 is 2.00. The van der Waals surface area contributed by atoms with Crippen LogP contribution in [0.5, 0.6) is 0 Å². The Kier molecular flexibility index (Phi) is 5.99. The average molecular weight is 438 g/mol. The molecule has 0 aromatic carbocycles. The molecule has 5 nitrogen and oxygen atoms in total. The van der Waals surface area contributed by atoms with E-state index in [1.807, 2.05) is 64.5 Å². The van der Waals surface area contributed by atoms with Gasteiger partial charge in [-0.05, 0) is 72.8 Å². The van der Waals surface area contributed by atoms with Crippen LogP contribution in [-0.4, -0.2) is 19.9 Å². The molecule has 0 fully saturated rings. The molecule has 2 aliphatic heterocycles. The minimum atomic E-state index is 0. The van der Waals surface area contributed by atoms with Crippen molar-refractivity contribution in [3.63, 3.8) is 0 Å². The molecule has 7 heteroatoms. The monoisotopic (exact) mass is 438 g/mol. The summed E-state index contributed by atoms with van der Waals surface area (Å²) < 4.78 is 8.00. The van der Waals surface area contributed by atoms with Crippen molar-refractivity contribution in [2.45, 2.75) is 0 Å². The van der Waals surface area contributed by atoms with Gasteiger partial charge in [0, 0.05) is 39.1 Å². The minimum absolute atomic E-state index is 0. The van der Waals surface area contributed by atoms with E-state index in [-0.39, 0.29) is 17.1 Å². The summed E-state index contributed by atoms with van der Waals surface area (Å²) in [5, 5.41) is 0. The molecule has 5 rings (SSSR count). The van der Waals surface area contributed by atoms with E-state index in [1.54, 1.807) is 0 Å². The molecule has 0 spiro atoms. The van der Waals surface area contributed by atoms with Crippen molar-refractivity contribution in [3.8, 4) is 0 Å². The van der Waals surface area contributed by atoms with Gasteiger partial charge in [0.2, 0.25) is 0 Å². The molecule has 27 heavy (non-hydrogen) atoms. The van der Waals surface area contributed by atoms with Crippen molar-refractivity contribution in [2.24, 2.45) is 0 Å². The summed E-state index contributed by atoms with van der Waals surface area (Å²) in [4.78, 5) is 16.0. The van der Waals surface area contributed by atoms with Gasteiger partial charge in [-0.25, -0.2) is 9.97 Å². The van der Waals surface area contributed by atoms with Gasteiger partial charge in [-0.15, -0.1) is 0 Å². The van der Waals surface area contributed by atoms with E-state index in [2.05, 4.69) is 44.2 Å². The number of aromatic amines is 2. The standard InChI is InChI=1S/C20H14N4.2Fe.O/c1-2-14-10-16-5-6-18(23-16)12-20-8-7-19(24-20)11-17-4-3-15(22-17)9-13(1)21-14;;;/h1-12,21,24H;;;. The van der Waals surface area contributed by atoms with Gasteiger partial charge in [0.05, 0.1) is 22.8 Å². The average Bonchev–Trinajstić information content (AvgIpc) is 3.42. The third-order valence-electron chi connectivity index (χ3n) is 4.04. The fraction of sp³-hybridized carbons (Fsp3) is 0. The molecule has 0 saturated carbocycles. The van der Waals surface area contributed by atoms with Gasteiger partial charge in [0.15, 0.2) is 0 Å². The molecule has 0 atom stereocenters. The molecule has 3 aromatic rings. The fourth-order valence-electron chi connectivity index (χ4n) is 2.94. The first-order chi connectivity index (χ1) is 12.8. The Bertz CT molecular complexity index is 1020. The summed E-state index contributed by atoms with van der Waals surface area (Å²) in [7, 11) is 0. The van der Waals surface area contributed by atoms with Gasteiger partial charge in [-0.1, -0.05) is 0 Å². The summed E-state index contributed by atoms with van der Waals surface area (Å²) in [6.07, 6.45) is 8.09. The Morgan fingerprint density at radius 1 is 0.556 bits per heavy atom. The van der Waals surface area contributed by atoms with Gasteiger partial charge in [-0.2, -0.15) is 0 Å². The second kappa shape index (κ2) is 8.42. The summed E-state index contributed by atoms with van der Waals surface area (Å²) in [5.74, 6) is 0. The van der Waals surface area contributed by atoms with Crippen LogP contribution in [0, 0.1) is 0 Å². The molecule has 0 radical (unpaired) electrons. The van der Waals surface area contributed by atoms with E-state index in [9.17, 15) is 0 Å². The topological polar surface area (TPSA) is 74.4 Å². The SMILES string of the molecule is C1=Cc2cc3ccc(cc4nc(cc5ccc(cc1n2)[nH]5)C=C4)[nH]3.[Fe].[O]=[Fe]. The first-order valence-corrected chi connectivity index (χ1v) is 8.44. The van der Waals surface area contributed by atoms with Gasteiger partial charge in [-0.3, -0.25) is 0 Å². The van der Waals surface area contributed by atoms with Crippen molar-refractivity contribution >= 4 is 46.4 Å². The normalized spacial score (nSPS) is 11.4.